The number of benzene rings is 8. The smallest absolute Gasteiger partial charge is 0.160 e. The van der Waals surface area contributed by atoms with E-state index < -0.39 is 0 Å². The number of thiophene rings is 1. The van der Waals surface area contributed by atoms with Crippen molar-refractivity contribution in [2.45, 2.75) is 19.3 Å². The zero-order valence-electron chi connectivity index (χ0n) is 30.0. The van der Waals surface area contributed by atoms with E-state index in [-0.39, 0.29) is 5.41 Å². The quantitative estimate of drug-likeness (QED) is 0.182. The molecular weight excluding hydrogens is 673 g/mol. The highest BCUT2D eigenvalue weighted by Gasteiger charge is 2.36. The van der Waals surface area contributed by atoms with E-state index in [9.17, 15) is 0 Å². The highest BCUT2D eigenvalue weighted by atomic mass is 32.1. The van der Waals surface area contributed by atoms with E-state index in [0.29, 0.717) is 0 Å². The van der Waals surface area contributed by atoms with Gasteiger partial charge in [0.2, 0.25) is 0 Å². The molecule has 0 saturated carbocycles. The van der Waals surface area contributed by atoms with Crippen LogP contribution in [0.1, 0.15) is 25.0 Å². The van der Waals surface area contributed by atoms with E-state index in [4.69, 9.17) is 9.97 Å². The molecule has 0 unspecified atom stereocenters. The minimum Gasteiger partial charge on any atom is -0.228 e. The van der Waals surface area contributed by atoms with Gasteiger partial charge in [-0.2, -0.15) is 0 Å². The van der Waals surface area contributed by atoms with Gasteiger partial charge in [0, 0.05) is 42.3 Å². The maximum Gasteiger partial charge on any atom is 0.160 e. The summed E-state index contributed by atoms with van der Waals surface area (Å²) in [6.45, 7) is 4.74. The zero-order chi connectivity index (χ0) is 36.0. The normalized spacial score (nSPS) is 13.1. The van der Waals surface area contributed by atoms with Gasteiger partial charge in [-0.3, -0.25) is 0 Å². The molecule has 254 valence electrons. The van der Waals surface area contributed by atoms with Gasteiger partial charge in [0.25, 0.3) is 0 Å². The third kappa shape index (κ3) is 4.72. The van der Waals surface area contributed by atoms with Gasteiger partial charge < -0.3 is 0 Å². The first-order valence-corrected chi connectivity index (χ1v) is 19.4. The van der Waals surface area contributed by atoms with E-state index >= 15 is 0 Å². The fourth-order valence-corrected chi connectivity index (χ4v) is 9.98. The summed E-state index contributed by atoms with van der Waals surface area (Å²) in [6, 6.07) is 61.7. The molecule has 0 amide bonds. The van der Waals surface area contributed by atoms with Crippen LogP contribution in [0.3, 0.4) is 0 Å². The summed E-state index contributed by atoms with van der Waals surface area (Å²) < 4.78 is 2.53. The van der Waals surface area contributed by atoms with Gasteiger partial charge in [-0.1, -0.05) is 153 Å². The van der Waals surface area contributed by atoms with Crippen molar-refractivity contribution < 1.29 is 0 Å². The van der Waals surface area contributed by atoms with E-state index in [0.717, 1.165) is 33.9 Å². The Morgan fingerprint density at radius 3 is 1.83 bits per heavy atom. The van der Waals surface area contributed by atoms with Crippen molar-refractivity contribution in [1.82, 2.24) is 9.97 Å². The second-order valence-electron chi connectivity index (χ2n) is 14.9. The van der Waals surface area contributed by atoms with Crippen molar-refractivity contribution in [3.63, 3.8) is 0 Å². The van der Waals surface area contributed by atoms with Crippen LogP contribution < -0.4 is 0 Å². The molecule has 1 aliphatic carbocycles. The third-order valence-electron chi connectivity index (χ3n) is 11.5. The predicted octanol–water partition coefficient (Wildman–Crippen LogP) is 14.1. The first-order chi connectivity index (χ1) is 26.5. The molecule has 2 aromatic heterocycles. The van der Waals surface area contributed by atoms with Gasteiger partial charge in [0.15, 0.2) is 5.82 Å². The summed E-state index contributed by atoms with van der Waals surface area (Å²) >= 11 is 1.83. The third-order valence-corrected chi connectivity index (χ3v) is 12.7. The van der Waals surface area contributed by atoms with E-state index in [1.54, 1.807) is 0 Å². The number of hydrogen-bond donors (Lipinski definition) is 0. The van der Waals surface area contributed by atoms with Crippen LogP contribution in [0.15, 0.2) is 170 Å². The fraction of sp³-hybridized carbons (Fsp3) is 0.0588. The second kappa shape index (κ2) is 11.8. The number of fused-ring (bicyclic) bond motifs is 8. The van der Waals surface area contributed by atoms with Crippen LogP contribution >= 0.6 is 11.3 Å². The first-order valence-electron chi connectivity index (χ1n) is 18.6. The molecule has 0 saturated heterocycles. The summed E-state index contributed by atoms with van der Waals surface area (Å²) in [6.07, 6.45) is 0. The standard InChI is InChI=1S/C51H34N2S/c1-51(2)44-29-34(23-24-38(44)43-27-32-15-6-7-16-33(32)28-45(43)51)35-25-26-39(37-18-9-8-17-36(35)37)46-30-47(53-50(52-46)31-13-4-3-5-14-31)42-21-12-20-41-40-19-10-11-22-48(40)54-49(41)42/h3-30H,1-2H3. The lowest BCUT2D eigenvalue weighted by atomic mass is 9.81. The van der Waals surface area contributed by atoms with Crippen LogP contribution in [-0.4, -0.2) is 9.97 Å². The van der Waals surface area contributed by atoms with Crippen LogP contribution in [-0.2, 0) is 5.41 Å². The van der Waals surface area contributed by atoms with Gasteiger partial charge >= 0.3 is 0 Å². The van der Waals surface area contributed by atoms with Gasteiger partial charge in [-0.25, -0.2) is 9.97 Å². The summed E-state index contributed by atoms with van der Waals surface area (Å²) in [5.74, 6) is 0.724. The SMILES string of the molecule is CC1(C)c2cc(-c3ccc(-c4cc(-c5cccc6c5sc5ccccc56)nc(-c5ccccc5)n4)c4ccccc34)ccc2-c2cc3ccccc3cc21. The van der Waals surface area contributed by atoms with Gasteiger partial charge in [0.1, 0.15) is 0 Å². The summed E-state index contributed by atoms with van der Waals surface area (Å²) in [7, 11) is 0. The second-order valence-corrected chi connectivity index (χ2v) is 16.0. The maximum absolute atomic E-state index is 5.28. The summed E-state index contributed by atoms with van der Waals surface area (Å²) in [5.41, 5.74) is 12.9. The molecule has 0 bridgehead atoms. The lowest BCUT2D eigenvalue weighted by molar-refractivity contribution is 0.661. The van der Waals surface area contributed by atoms with Gasteiger partial charge in [-0.05, 0) is 85.3 Å². The largest absolute Gasteiger partial charge is 0.228 e. The molecule has 0 radical (unpaired) electrons. The highest BCUT2D eigenvalue weighted by molar-refractivity contribution is 7.26. The Bertz CT molecular complexity index is 3130. The number of rotatable bonds is 4. The summed E-state index contributed by atoms with van der Waals surface area (Å²) in [4.78, 5) is 10.5. The molecule has 10 aromatic rings. The Morgan fingerprint density at radius 2 is 1.02 bits per heavy atom. The summed E-state index contributed by atoms with van der Waals surface area (Å²) in [5, 5.41) is 7.51. The van der Waals surface area contributed by atoms with Crippen molar-refractivity contribution in [1.29, 1.82) is 0 Å². The molecule has 0 spiro atoms. The molecule has 11 rings (SSSR count). The Balaban J connectivity index is 1.08. The van der Waals surface area contributed by atoms with Crippen LogP contribution in [0.5, 0.6) is 0 Å². The van der Waals surface area contributed by atoms with Crippen LogP contribution in [0.25, 0.3) is 97.9 Å². The van der Waals surface area contributed by atoms with Crippen molar-refractivity contribution in [3.05, 3.63) is 181 Å². The average molecular weight is 707 g/mol. The van der Waals surface area contributed by atoms with Crippen LogP contribution in [0.4, 0.5) is 0 Å². The predicted molar refractivity (Wildman–Crippen MR) is 229 cm³/mol. The van der Waals surface area contributed by atoms with Gasteiger partial charge in [-0.15, -0.1) is 11.3 Å². The molecular formula is C51H34N2S. The monoisotopic (exact) mass is 706 g/mol. The van der Waals surface area contributed by atoms with Gasteiger partial charge in [0.05, 0.1) is 11.4 Å². The van der Waals surface area contributed by atoms with Crippen LogP contribution in [0.2, 0.25) is 0 Å². The Labute approximate surface area is 318 Å². The lowest BCUT2D eigenvalue weighted by Crippen LogP contribution is -2.15. The number of hydrogen-bond acceptors (Lipinski definition) is 3. The Hall–Kier alpha value is -6.42. The maximum atomic E-state index is 5.28. The molecule has 8 aromatic carbocycles. The van der Waals surface area contributed by atoms with Crippen molar-refractivity contribution in [2.75, 3.05) is 0 Å². The molecule has 54 heavy (non-hydrogen) atoms. The van der Waals surface area contributed by atoms with E-state index in [1.807, 2.05) is 17.4 Å². The number of nitrogens with zero attached hydrogens (tertiary/aromatic N) is 2. The van der Waals surface area contributed by atoms with E-state index in [1.165, 1.54) is 75.1 Å². The average Bonchev–Trinajstić information content (AvgIpc) is 3.71. The minimum atomic E-state index is -0.108. The molecule has 0 fully saturated rings. The van der Waals surface area contributed by atoms with E-state index in [2.05, 4.69) is 178 Å². The number of aromatic nitrogens is 2. The molecule has 2 nitrogen and oxygen atoms in total. The lowest BCUT2D eigenvalue weighted by Gasteiger charge is -2.22. The first kappa shape index (κ1) is 31.1. The van der Waals surface area contributed by atoms with Crippen molar-refractivity contribution >= 4 is 53.1 Å². The minimum absolute atomic E-state index is 0.108. The van der Waals surface area contributed by atoms with Crippen molar-refractivity contribution in [3.8, 4) is 56.2 Å². The van der Waals surface area contributed by atoms with Crippen molar-refractivity contribution in [2.24, 2.45) is 0 Å². The highest BCUT2D eigenvalue weighted by Crippen LogP contribution is 2.51. The van der Waals surface area contributed by atoms with Crippen LogP contribution in [0, 0.1) is 0 Å². The molecule has 2 heterocycles. The Morgan fingerprint density at radius 1 is 0.407 bits per heavy atom. The Kier molecular flexibility index (Phi) is 6.80. The topological polar surface area (TPSA) is 25.8 Å². The molecule has 3 heteroatoms. The molecule has 0 atom stereocenters. The molecule has 1 aliphatic rings. The zero-order valence-corrected chi connectivity index (χ0v) is 30.8. The molecule has 0 aliphatic heterocycles. The fourth-order valence-electron chi connectivity index (χ4n) is 8.75. The molecule has 0 N–H and O–H groups in total.